The van der Waals surface area contributed by atoms with Crippen molar-refractivity contribution < 1.29 is 27.5 Å². The molecule has 174 valence electrons. The minimum absolute atomic E-state index is 0.204. The molecule has 2 atom stereocenters. The van der Waals surface area contributed by atoms with Crippen molar-refractivity contribution >= 4 is 33.2 Å². The molecule has 2 aliphatic heterocycles. The molecule has 0 fully saturated rings. The van der Waals surface area contributed by atoms with Crippen LogP contribution < -0.4 is 9.80 Å². The predicted octanol–water partition coefficient (Wildman–Crippen LogP) is 3.41. The van der Waals surface area contributed by atoms with Gasteiger partial charge in [0.05, 0.1) is 35.5 Å². The number of anilines is 2. The molecule has 2 aliphatic rings. The van der Waals surface area contributed by atoms with Gasteiger partial charge in [0.1, 0.15) is 0 Å². The Morgan fingerprint density at radius 1 is 1.09 bits per heavy atom. The van der Waals surface area contributed by atoms with Crippen LogP contribution in [-0.4, -0.2) is 58.6 Å². The molecule has 0 radical (unpaired) electrons. The van der Waals surface area contributed by atoms with Crippen molar-refractivity contribution in [1.82, 2.24) is 0 Å². The van der Waals surface area contributed by atoms with E-state index in [9.17, 15) is 18.0 Å². The number of sulfone groups is 1. The Kier molecular flexibility index (Phi) is 6.27. The number of amides is 2. The molecule has 1 unspecified atom stereocenters. The number of hydrogen-bond donors (Lipinski definition) is 0. The molecule has 2 aromatic rings. The van der Waals surface area contributed by atoms with E-state index >= 15 is 0 Å². The molecular weight excluding hydrogens is 444 g/mol. The Morgan fingerprint density at radius 3 is 2.39 bits per heavy atom. The third-order valence-electron chi connectivity index (χ3n) is 5.69. The number of benzene rings is 2. The second-order valence-electron chi connectivity index (χ2n) is 8.05. The van der Waals surface area contributed by atoms with E-state index in [2.05, 4.69) is 0 Å². The predicted molar refractivity (Wildman–Crippen MR) is 125 cm³/mol. The molecule has 0 aliphatic carbocycles. The Morgan fingerprint density at radius 2 is 1.79 bits per heavy atom. The largest absolute Gasteiger partial charge is 0.449 e. The summed E-state index contributed by atoms with van der Waals surface area (Å²) >= 11 is 0. The fourth-order valence-corrected chi connectivity index (χ4v) is 4.71. The maximum absolute atomic E-state index is 13.3. The Bertz CT molecular complexity index is 1210. The number of ether oxygens (including phenoxy) is 2. The lowest BCUT2D eigenvalue weighted by Crippen LogP contribution is -2.54. The first-order chi connectivity index (χ1) is 15.7. The summed E-state index contributed by atoms with van der Waals surface area (Å²) in [4.78, 5) is 29.4. The fourth-order valence-electron chi connectivity index (χ4n) is 4.08. The van der Waals surface area contributed by atoms with Crippen LogP contribution in [0.3, 0.4) is 0 Å². The van der Waals surface area contributed by atoms with E-state index in [1.165, 1.54) is 0 Å². The van der Waals surface area contributed by atoms with Crippen LogP contribution in [0.4, 0.5) is 16.2 Å². The average Bonchev–Trinajstić information content (AvgIpc) is 3.32. The Hall–Kier alpha value is -3.17. The number of fused-ring (bicyclic) bond motifs is 1. The van der Waals surface area contributed by atoms with Gasteiger partial charge in [0.15, 0.2) is 15.9 Å². The van der Waals surface area contributed by atoms with Gasteiger partial charge in [-0.05, 0) is 55.3 Å². The molecule has 0 spiro atoms. The first kappa shape index (κ1) is 23.0. The monoisotopic (exact) mass is 470 g/mol. The van der Waals surface area contributed by atoms with Crippen molar-refractivity contribution in [3.63, 3.8) is 0 Å². The molecule has 8 nitrogen and oxygen atoms in total. The standard InChI is InChI=1S/C24H26N2O6S/c1-4-31-24(28)26-16(2)15-25(23(27)22-6-5-13-32-22)21-14-18(9-12-20(21)26)17-7-10-19(11-8-17)33(3,29)30/h5-12,14,16,22H,4,13,15H2,1-3H3/t16-,22?/m0/s1. The second-order valence-corrected chi connectivity index (χ2v) is 10.1. The minimum atomic E-state index is -3.31. The molecule has 2 amide bonds. The number of rotatable bonds is 4. The van der Waals surface area contributed by atoms with Gasteiger partial charge in [-0.15, -0.1) is 0 Å². The first-order valence-corrected chi connectivity index (χ1v) is 12.6. The van der Waals surface area contributed by atoms with Crippen LogP contribution in [0.5, 0.6) is 0 Å². The molecule has 4 rings (SSSR count). The summed E-state index contributed by atoms with van der Waals surface area (Å²) in [5, 5.41) is 0. The molecule has 0 N–H and O–H groups in total. The van der Waals surface area contributed by atoms with Gasteiger partial charge in [-0.25, -0.2) is 13.2 Å². The summed E-state index contributed by atoms with van der Waals surface area (Å²) in [6.45, 7) is 4.52. The fraction of sp³-hybridized carbons (Fsp3) is 0.333. The van der Waals surface area contributed by atoms with E-state index in [1.54, 1.807) is 53.1 Å². The van der Waals surface area contributed by atoms with Gasteiger partial charge < -0.3 is 14.4 Å². The normalized spacial score (nSPS) is 20.0. The lowest BCUT2D eigenvalue weighted by molar-refractivity contribution is -0.126. The van der Waals surface area contributed by atoms with Gasteiger partial charge in [0.25, 0.3) is 5.91 Å². The van der Waals surface area contributed by atoms with E-state index in [4.69, 9.17) is 9.47 Å². The summed E-state index contributed by atoms with van der Waals surface area (Å²) in [6.07, 6.45) is 3.56. The maximum atomic E-state index is 13.3. The third-order valence-corrected chi connectivity index (χ3v) is 6.81. The lowest BCUT2D eigenvalue weighted by atomic mass is 10.0. The van der Waals surface area contributed by atoms with Crippen molar-refractivity contribution in [1.29, 1.82) is 0 Å². The molecule has 2 aromatic carbocycles. The van der Waals surface area contributed by atoms with Crippen LogP contribution in [0, 0.1) is 0 Å². The van der Waals surface area contributed by atoms with Crippen molar-refractivity contribution in [3.05, 3.63) is 54.6 Å². The average molecular weight is 471 g/mol. The van der Waals surface area contributed by atoms with Crippen LogP contribution in [0.25, 0.3) is 11.1 Å². The SMILES string of the molecule is CCOC(=O)N1c2ccc(-c3ccc(S(C)(=O)=O)cc3)cc2N(C(=O)C2C=CCO2)C[C@@H]1C. The van der Waals surface area contributed by atoms with Crippen LogP contribution >= 0.6 is 0 Å². The van der Waals surface area contributed by atoms with Crippen LogP contribution in [-0.2, 0) is 24.1 Å². The minimum Gasteiger partial charge on any atom is -0.449 e. The summed E-state index contributed by atoms with van der Waals surface area (Å²) in [6, 6.07) is 11.7. The Balaban J connectivity index is 1.78. The van der Waals surface area contributed by atoms with Crippen molar-refractivity contribution in [2.24, 2.45) is 0 Å². The molecular formula is C24H26N2O6S. The third kappa shape index (κ3) is 4.51. The van der Waals surface area contributed by atoms with E-state index < -0.39 is 22.0 Å². The zero-order valence-corrected chi connectivity index (χ0v) is 19.5. The summed E-state index contributed by atoms with van der Waals surface area (Å²) in [5.41, 5.74) is 2.71. The molecule has 33 heavy (non-hydrogen) atoms. The highest BCUT2D eigenvalue weighted by molar-refractivity contribution is 7.90. The van der Waals surface area contributed by atoms with Crippen molar-refractivity contribution in [2.45, 2.75) is 30.9 Å². The number of hydrogen-bond acceptors (Lipinski definition) is 6. The van der Waals surface area contributed by atoms with Crippen LogP contribution in [0.2, 0.25) is 0 Å². The first-order valence-electron chi connectivity index (χ1n) is 10.7. The Labute approximate surface area is 193 Å². The highest BCUT2D eigenvalue weighted by Gasteiger charge is 2.38. The zero-order valence-electron chi connectivity index (χ0n) is 18.7. The maximum Gasteiger partial charge on any atom is 0.414 e. The van der Waals surface area contributed by atoms with Gasteiger partial charge in [-0.3, -0.25) is 9.69 Å². The van der Waals surface area contributed by atoms with E-state index in [1.807, 2.05) is 25.1 Å². The van der Waals surface area contributed by atoms with Gasteiger partial charge in [-0.2, -0.15) is 0 Å². The molecule has 0 saturated heterocycles. The summed E-state index contributed by atoms with van der Waals surface area (Å²) in [7, 11) is -3.31. The number of carbonyl (C=O) groups is 2. The highest BCUT2D eigenvalue weighted by Crippen LogP contribution is 2.40. The molecule has 9 heteroatoms. The molecule has 0 saturated carbocycles. The lowest BCUT2D eigenvalue weighted by Gasteiger charge is -2.41. The smallest absolute Gasteiger partial charge is 0.414 e. The van der Waals surface area contributed by atoms with Crippen molar-refractivity contribution in [2.75, 3.05) is 35.8 Å². The number of nitrogens with zero attached hydrogens (tertiary/aromatic N) is 2. The summed E-state index contributed by atoms with van der Waals surface area (Å²) in [5.74, 6) is -0.204. The van der Waals surface area contributed by atoms with Gasteiger partial charge in [-0.1, -0.05) is 24.3 Å². The van der Waals surface area contributed by atoms with Crippen LogP contribution in [0.1, 0.15) is 13.8 Å². The van der Waals surface area contributed by atoms with Gasteiger partial charge in [0, 0.05) is 12.8 Å². The second kappa shape index (κ2) is 8.99. The summed E-state index contributed by atoms with van der Waals surface area (Å²) < 4.78 is 34.4. The molecule has 0 aromatic heterocycles. The molecule has 2 heterocycles. The van der Waals surface area contributed by atoms with Crippen LogP contribution in [0.15, 0.2) is 59.5 Å². The quantitative estimate of drug-likeness (QED) is 0.636. The number of carbonyl (C=O) groups excluding carboxylic acids is 2. The van der Waals surface area contributed by atoms with E-state index in [-0.39, 0.29) is 30.0 Å². The molecule has 0 bridgehead atoms. The van der Waals surface area contributed by atoms with E-state index in [0.717, 1.165) is 17.4 Å². The van der Waals surface area contributed by atoms with Crippen molar-refractivity contribution in [3.8, 4) is 11.1 Å². The topological polar surface area (TPSA) is 93.2 Å². The van der Waals surface area contributed by atoms with E-state index in [0.29, 0.717) is 18.0 Å². The van der Waals surface area contributed by atoms with Gasteiger partial charge in [0.2, 0.25) is 0 Å². The highest BCUT2D eigenvalue weighted by atomic mass is 32.2. The zero-order chi connectivity index (χ0) is 23.8. The van der Waals surface area contributed by atoms with Gasteiger partial charge >= 0.3 is 6.09 Å².